The number of nitrogens with one attached hydrogen (secondary N) is 1. The van der Waals surface area contributed by atoms with Gasteiger partial charge in [0.05, 0.1) is 13.2 Å². The maximum atomic E-state index is 11.8. The molecule has 1 fully saturated rings. The van der Waals surface area contributed by atoms with Gasteiger partial charge in [0.1, 0.15) is 5.75 Å². The van der Waals surface area contributed by atoms with Crippen LogP contribution in [0.5, 0.6) is 5.75 Å². The Labute approximate surface area is 120 Å². The molecule has 0 bridgehead atoms. The minimum Gasteiger partial charge on any atom is -0.496 e. The molecule has 1 N–H and O–H groups in total. The zero-order valence-electron chi connectivity index (χ0n) is 12.1. The molecule has 20 heavy (non-hydrogen) atoms. The van der Waals surface area contributed by atoms with E-state index >= 15 is 0 Å². The van der Waals surface area contributed by atoms with E-state index in [2.05, 4.69) is 5.32 Å². The highest BCUT2D eigenvalue weighted by atomic mass is 16.5. The number of methoxy groups -OCH3 is 1. The molecule has 1 aliphatic heterocycles. The van der Waals surface area contributed by atoms with Gasteiger partial charge in [-0.25, -0.2) is 0 Å². The summed E-state index contributed by atoms with van der Waals surface area (Å²) in [6, 6.07) is 7.82. The number of rotatable bonds is 7. The minimum absolute atomic E-state index is 0.0916. The van der Waals surface area contributed by atoms with Crippen molar-refractivity contribution >= 4 is 5.91 Å². The Kier molecular flexibility index (Phi) is 5.87. The molecule has 110 valence electrons. The standard InChI is InChI=1S/C16H23NO3/c1-19-15-7-3-2-5-13(15)8-9-16(18)17-11-10-14-6-4-12-20-14/h2-3,5,7,14H,4,6,8-12H2,1H3,(H,17,18). The molecular formula is C16H23NO3. The molecule has 0 saturated carbocycles. The lowest BCUT2D eigenvalue weighted by Gasteiger charge is -2.11. The van der Waals surface area contributed by atoms with Gasteiger partial charge in [-0.05, 0) is 37.3 Å². The monoisotopic (exact) mass is 277 g/mol. The third kappa shape index (κ3) is 4.53. The van der Waals surface area contributed by atoms with Crippen LogP contribution in [0.1, 0.15) is 31.2 Å². The lowest BCUT2D eigenvalue weighted by molar-refractivity contribution is -0.121. The van der Waals surface area contributed by atoms with Crippen LogP contribution in [-0.4, -0.2) is 32.3 Å². The molecule has 1 aliphatic rings. The highest BCUT2D eigenvalue weighted by molar-refractivity contribution is 5.76. The molecule has 1 amide bonds. The van der Waals surface area contributed by atoms with Crippen molar-refractivity contribution in [3.05, 3.63) is 29.8 Å². The molecule has 0 aromatic heterocycles. The maximum Gasteiger partial charge on any atom is 0.220 e. The van der Waals surface area contributed by atoms with Crippen molar-refractivity contribution in [2.45, 2.75) is 38.2 Å². The van der Waals surface area contributed by atoms with E-state index in [1.54, 1.807) is 7.11 Å². The first-order valence-electron chi connectivity index (χ1n) is 7.30. The van der Waals surface area contributed by atoms with E-state index in [-0.39, 0.29) is 5.91 Å². The molecule has 0 aliphatic carbocycles. The predicted octanol–water partition coefficient (Wildman–Crippen LogP) is 2.31. The molecule has 0 spiro atoms. The summed E-state index contributed by atoms with van der Waals surface area (Å²) in [6.07, 6.45) is 4.72. The van der Waals surface area contributed by atoms with Gasteiger partial charge >= 0.3 is 0 Å². The van der Waals surface area contributed by atoms with Crippen molar-refractivity contribution in [2.75, 3.05) is 20.3 Å². The smallest absolute Gasteiger partial charge is 0.220 e. The number of carbonyl (C=O) groups excluding carboxylic acids is 1. The number of hydrogen-bond acceptors (Lipinski definition) is 3. The third-order valence-electron chi connectivity index (χ3n) is 3.63. The van der Waals surface area contributed by atoms with E-state index in [0.29, 0.717) is 25.5 Å². The SMILES string of the molecule is COc1ccccc1CCC(=O)NCCC1CCCO1. The molecule has 0 radical (unpaired) electrons. The van der Waals surface area contributed by atoms with Crippen LogP contribution in [0.4, 0.5) is 0 Å². The van der Waals surface area contributed by atoms with Crippen LogP contribution in [-0.2, 0) is 16.0 Å². The lowest BCUT2D eigenvalue weighted by atomic mass is 10.1. The number of aryl methyl sites for hydroxylation is 1. The number of hydrogen-bond donors (Lipinski definition) is 1. The van der Waals surface area contributed by atoms with Crippen molar-refractivity contribution < 1.29 is 14.3 Å². The Morgan fingerprint density at radius 1 is 1.45 bits per heavy atom. The second-order valence-corrected chi connectivity index (χ2v) is 5.09. The maximum absolute atomic E-state index is 11.8. The van der Waals surface area contributed by atoms with Crippen molar-refractivity contribution in [2.24, 2.45) is 0 Å². The average molecular weight is 277 g/mol. The normalized spacial score (nSPS) is 17.9. The fourth-order valence-corrected chi connectivity index (χ4v) is 2.49. The van der Waals surface area contributed by atoms with Crippen LogP contribution in [0.15, 0.2) is 24.3 Å². The minimum atomic E-state index is 0.0916. The second kappa shape index (κ2) is 7.90. The molecule has 1 saturated heterocycles. The zero-order valence-corrected chi connectivity index (χ0v) is 12.1. The Balaban J connectivity index is 1.66. The summed E-state index contributed by atoms with van der Waals surface area (Å²) >= 11 is 0. The van der Waals surface area contributed by atoms with Crippen molar-refractivity contribution in [1.82, 2.24) is 5.32 Å². The number of para-hydroxylation sites is 1. The average Bonchev–Trinajstić information content (AvgIpc) is 2.98. The molecule has 2 rings (SSSR count). The molecule has 1 atom stereocenters. The van der Waals surface area contributed by atoms with Gasteiger partial charge in [0.25, 0.3) is 0 Å². The fraction of sp³-hybridized carbons (Fsp3) is 0.562. The lowest BCUT2D eigenvalue weighted by Crippen LogP contribution is -2.27. The summed E-state index contributed by atoms with van der Waals surface area (Å²) in [4.78, 5) is 11.8. The van der Waals surface area contributed by atoms with E-state index in [4.69, 9.17) is 9.47 Å². The highest BCUT2D eigenvalue weighted by Crippen LogP contribution is 2.18. The van der Waals surface area contributed by atoms with Gasteiger partial charge in [-0.3, -0.25) is 4.79 Å². The van der Waals surface area contributed by atoms with Gasteiger partial charge in [-0.1, -0.05) is 18.2 Å². The van der Waals surface area contributed by atoms with Crippen molar-refractivity contribution in [3.8, 4) is 5.75 Å². The number of benzene rings is 1. The number of amides is 1. The largest absolute Gasteiger partial charge is 0.496 e. The van der Waals surface area contributed by atoms with Gasteiger partial charge < -0.3 is 14.8 Å². The van der Waals surface area contributed by atoms with E-state index in [1.807, 2.05) is 24.3 Å². The fourth-order valence-electron chi connectivity index (χ4n) is 2.49. The van der Waals surface area contributed by atoms with Crippen LogP contribution in [0.2, 0.25) is 0 Å². The summed E-state index contributed by atoms with van der Waals surface area (Å²) < 4.78 is 10.8. The van der Waals surface area contributed by atoms with Crippen molar-refractivity contribution in [1.29, 1.82) is 0 Å². The van der Waals surface area contributed by atoms with E-state index in [0.717, 1.165) is 37.2 Å². The van der Waals surface area contributed by atoms with Gasteiger partial charge in [-0.2, -0.15) is 0 Å². The van der Waals surface area contributed by atoms with Gasteiger partial charge in [-0.15, -0.1) is 0 Å². The second-order valence-electron chi connectivity index (χ2n) is 5.09. The predicted molar refractivity (Wildman–Crippen MR) is 77.9 cm³/mol. The van der Waals surface area contributed by atoms with E-state index in [9.17, 15) is 4.79 Å². The van der Waals surface area contributed by atoms with Crippen LogP contribution >= 0.6 is 0 Å². The first-order valence-corrected chi connectivity index (χ1v) is 7.30. The summed E-state index contributed by atoms with van der Waals surface area (Å²) in [5.74, 6) is 0.938. The van der Waals surface area contributed by atoms with Crippen molar-refractivity contribution in [3.63, 3.8) is 0 Å². The Hall–Kier alpha value is -1.55. The Morgan fingerprint density at radius 3 is 3.05 bits per heavy atom. The summed E-state index contributed by atoms with van der Waals surface area (Å²) in [5, 5.41) is 2.96. The summed E-state index contributed by atoms with van der Waals surface area (Å²) in [6.45, 7) is 1.57. The Morgan fingerprint density at radius 2 is 2.30 bits per heavy atom. The molecule has 4 nitrogen and oxygen atoms in total. The van der Waals surface area contributed by atoms with Gasteiger partial charge in [0.15, 0.2) is 0 Å². The summed E-state index contributed by atoms with van der Waals surface area (Å²) in [7, 11) is 1.65. The summed E-state index contributed by atoms with van der Waals surface area (Å²) in [5.41, 5.74) is 1.07. The third-order valence-corrected chi connectivity index (χ3v) is 3.63. The molecule has 1 unspecified atom stereocenters. The molecular weight excluding hydrogens is 254 g/mol. The van der Waals surface area contributed by atoms with Crippen LogP contribution in [0, 0.1) is 0 Å². The van der Waals surface area contributed by atoms with E-state index in [1.165, 1.54) is 0 Å². The topological polar surface area (TPSA) is 47.6 Å². The van der Waals surface area contributed by atoms with Gasteiger partial charge in [0.2, 0.25) is 5.91 Å². The molecule has 1 heterocycles. The van der Waals surface area contributed by atoms with Gasteiger partial charge in [0, 0.05) is 19.6 Å². The molecule has 4 heteroatoms. The van der Waals surface area contributed by atoms with Crippen LogP contribution in [0.3, 0.4) is 0 Å². The highest BCUT2D eigenvalue weighted by Gasteiger charge is 2.15. The number of carbonyl (C=O) groups is 1. The quantitative estimate of drug-likeness (QED) is 0.832. The first kappa shape index (κ1) is 14.9. The Bertz CT molecular complexity index is 427. The first-order chi connectivity index (χ1) is 9.79. The zero-order chi connectivity index (χ0) is 14.2. The van der Waals surface area contributed by atoms with Crippen LogP contribution < -0.4 is 10.1 Å². The molecule has 1 aromatic rings. The van der Waals surface area contributed by atoms with Crippen LogP contribution in [0.25, 0.3) is 0 Å². The number of ether oxygens (including phenoxy) is 2. The molecule has 1 aromatic carbocycles. The van der Waals surface area contributed by atoms with E-state index < -0.39 is 0 Å².